The number of carboxylic acids is 1. The van der Waals surface area contributed by atoms with Gasteiger partial charge in [-0.3, -0.25) is 14.7 Å². The summed E-state index contributed by atoms with van der Waals surface area (Å²) < 4.78 is 1.26. The van der Waals surface area contributed by atoms with Gasteiger partial charge in [-0.2, -0.15) is 0 Å². The molecule has 2 N–H and O–H groups in total. The van der Waals surface area contributed by atoms with Crippen molar-refractivity contribution >= 4 is 71.8 Å². The number of aromatic nitrogens is 2. The van der Waals surface area contributed by atoms with Crippen LogP contribution < -0.4 is 0 Å². The van der Waals surface area contributed by atoms with Crippen LogP contribution in [0, 0.1) is 0 Å². The summed E-state index contributed by atoms with van der Waals surface area (Å²) in [6.07, 6.45) is 3.93. The highest BCUT2D eigenvalue weighted by molar-refractivity contribution is 9.10. The number of rotatable bonds is 1. The fraction of sp³-hybridized carbons (Fsp3) is 0.238. The van der Waals surface area contributed by atoms with Gasteiger partial charge in [0.1, 0.15) is 11.2 Å². The van der Waals surface area contributed by atoms with E-state index in [4.69, 9.17) is 16.6 Å². The molecule has 1 amide bonds. The largest absolute Gasteiger partial charge is 0.477 e. The van der Waals surface area contributed by atoms with Crippen molar-refractivity contribution in [2.24, 2.45) is 4.99 Å². The summed E-state index contributed by atoms with van der Waals surface area (Å²) in [6, 6.07) is 5.58. The van der Waals surface area contributed by atoms with Gasteiger partial charge in [0, 0.05) is 15.5 Å². The Morgan fingerprint density at radius 2 is 2.06 bits per heavy atom. The van der Waals surface area contributed by atoms with Gasteiger partial charge in [-0.15, -0.1) is 0 Å². The lowest BCUT2D eigenvalue weighted by Gasteiger charge is -2.50. The predicted octanol–water partition coefficient (Wildman–Crippen LogP) is 4.99. The first-order chi connectivity index (χ1) is 14.6. The van der Waals surface area contributed by atoms with Gasteiger partial charge in [0.15, 0.2) is 10.4 Å². The maximum atomic E-state index is 12.9. The second-order valence-electron chi connectivity index (χ2n) is 8.20. The number of carbonyl (C=O) groups excluding carboxylic acids is 1. The van der Waals surface area contributed by atoms with Gasteiger partial charge in [-0.25, -0.2) is 9.78 Å². The zero-order valence-electron chi connectivity index (χ0n) is 16.3. The number of hydrogen-bond donors (Lipinski definition) is 2. The first-order valence-corrected chi connectivity index (χ1v) is 11.3. The number of imidazole rings is 1. The van der Waals surface area contributed by atoms with Crippen LogP contribution in [0.15, 0.2) is 50.2 Å². The summed E-state index contributed by atoms with van der Waals surface area (Å²) >= 11 is 13.5. The van der Waals surface area contributed by atoms with Crippen molar-refractivity contribution in [2.45, 2.75) is 31.2 Å². The van der Waals surface area contributed by atoms with Crippen molar-refractivity contribution in [3.8, 4) is 0 Å². The number of aromatic amines is 1. The third kappa shape index (κ3) is 2.76. The van der Waals surface area contributed by atoms with Crippen molar-refractivity contribution in [1.82, 2.24) is 14.9 Å². The van der Waals surface area contributed by atoms with Crippen molar-refractivity contribution in [3.05, 3.63) is 62.2 Å². The molecule has 1 saturated heterocycles. The Morgan fingerprint density at radius 3 is 2.74 bits per heavy atom. The number of allylic oxidation sites excluding steroid dienone is 1. The monoisotopic (exact) mass is 564 g/mol. The number of benzene rings is 1. The topological polar surface area (TPSA) is 98.7 Å². The minimum Gasteiger partial charge on any atom is -0.477 e. The van der Waals surface area contributed by atoms with Gasteiger partial charge in [-0.1, -0.05) is 53.5 Å². The smallest absolute Gasteiger partial charge is 0.354 e. The molecule has 0 unspecified atom stereocenters. The van der Waals surface area contributed by atoms with Crippen molar-refractivity contribution in [3.63, 3.8) is 0 Å². The van der Waals surface area contributed by atoms with Crippen LogP contribution in [-0.4, -0.2) is 37.6 Å². The normalized spacial score (nSPS) is 26.8. The third-order valence-electron chi connectivity index (χ3n) is 5.93. The molecular weight excluding hydrogens is 552 g/mol. The molecule has 10 heteroatoms. The van der Waals surface area contributed by atoms with Gasteiger partial charge in [0.2, 0.25) is 5.91 Å². The fourth-order valence-electron chi connectivity index (χ4n) is 4.46. The van der Waals surface area contributed by atoms with Gasteiger partial charge < -0.3 is 10.1 Å². The van der Waals surface area contributed by atoms with Gasteiger partial charge in [0.05, 0.1) is 28.5 Å². The molecule has 3 aliphatic heterocycles. The Morgan fingerprint density at radius 1 is 1.32 bits per heavy atom. The SMILES string of the molecule is CC1(C)/C=C\C2=Nc3cc(Br)ccc3[C@]23CC(=O)N3/C(C(=O)O)=C(/Cl)c2nc(Br)[nH]c21. The molecule has 5 rings (SSSR count). The van der Waals surface area contributed by atoms with E-state index in [0.717, 1.165) is 10.0 Å². The van der Waals surface area contributed by atoms with E-state index in [1.807, 2.05) is 44.2 Å². The number of aliphatic imine (C=N–C) groups is 1. The van der Waals surface area contributed by atoms with E-state index in [0.29, 0.717) is 21.8 Å². The van der Waals surface area contributed by atoms with Gasteiger partial charge >= 0.3 is 5.97 Å². The van der Waals surface area contributed by atoms with Gasteiger partial charge in [0.25, 0.3) is 0 Å². The standard InChI is InChI=1S/C21H15Br2ClN4O3/c1-20(2)6-5-12-21(10-4-3-9(22)7-11(10)25-12)8-13(29)28(21)16(18(30)31)14(24)15-17(20)27-19(23)26-15/h3-7H,8H2,1-2H3,(H,26,27)(H,30,31)/b6-5-,16-14+/t21-/m1/s1. The summed E-state index contributed by atoms with van der Waals surface area (Å²) in [5.74, 6) is -1.65. The van der Waals surface area contributed by atoms with Gasteiger partial charge in [-0.05, 0) is 34.1 Å². The second-order valence-corrected chi connectivity index (χ2v) is 10.2. The van der Waals surface area contributed by atoms with E-state index in [9.17, 15) is 14.7 Å². The molecule has 1 fully saturated rings. The molecule has 0 saturated carbocycles. The quantitative estimate of drug-likeness (QED) is 0.476. The Balaban J connectivity index is 1.88. The summed E-state index contributed by atoms with van der Waals surface area (Å²) in [7, 11) is 0. The summed E-state index contributed by atoms with van der Waals surface area (Å²) in [4.78, 5) is 38.9. The Bertz CT molecular complexity index is 1290. The Hall–Kier alpha value is -2.23. The molecule has 2 aromatic rings. The molecule has 0 radical (unpaired) electrons. The van der Waals surface area contributed by atoms with Crippen LogP contribution in [0.1, 0.15) is 37.2 Å². The zero-order chi connectivity index (χ0) is 22.3. The molecule has 1 aromatic carbocycles. The van der Waals surface area contributed by atoms with Crippen LogP contribution in [0.3, 0.4) is 0 Å². The molecule has 1 spiro atoms. The molecule has 158 valence electrons. The molecular formula is C21H15Br2ClN4O3. The molecule has 1 aromatic heterocycles. The van der Waals surface area contributed by atoms with E-state index in [-0.39, 0.29) is 28.8 Å². The van der Waals surface area contributed by atoms with E-state index < -0.39 is 16.9 Å². The minimum absolute atomic E-state index is 0.100. The zero-order valence-corrected chi connectivity index (χ0v) is 20.3. The molecule has 3 aliphatic rings. The number of β-lactam (4-membered cyclic amide) rings is 1. The molecule has 7 nitrogen and oxygen atoms in total. The summed E-state index contributed by atoms with van der Waals surface area (Å²) in [6.45, 7) is 3.93. The van der Waals surface area contributed by atoms with E-state index in [2.05, 4.69) is 41.8 Å². The van der Waals surface area contributed by atoms with Crippen molar-refractivity contribution in [1.29, 1.82) is 0 Å². The number of nitrogens with one attached hydrogen (secondary N) is 1. The third-order valence-corrected chi connectivity index (χ3v) is 7.15. The second kappa shape index (κ2) is 6.63. The highest BCUT2D eigenvalue weighted by atomic mass is 79.9. The number of carbonyl (C=O) groups is 2. The number of H-pyrrole nitrogens is 1. The molecule has 0 bridgehead atoms. The van der Waals surface area contributed by atoms with Crippen LogP contribution in [0.25, 0.3) is 5.03 Å². The van der Waals surface area contributed by atoms with Crippen molar-refractivity contribution < 1.29 is 14.7 Å². The lowest BCUT2D eigenvalue weighted by molar-refractivity contribution is -0.152. The fourth-order valence-corrected chi connectivity index (χ4v) is 5.48. The molecule has 4 heterocycles. The highest BCUT2D eigenvalue weighted by Crippen LogP contribution is 2.55. The lowest BCUT2D eigenvalue weighted by Crippen LogP contribution is -2.64. The Labute approximate surface area is 199 Å². The van der Waals surface area contributed by atoms with Crippen LogP contribution in [0.2, 0.25) is 0 Å². The van der Waals surface area contributed by atoms with Crippen LogP contribution in [0.4, 0.5) is 5.69 Å². The number of aliphatic carboxylic acids is 1. The van der Waals surface area contributed by atoms with E-state index in [1.165, 1.54) is 4.90 Å². The molecule has 1 atom stereocenters. The van der Waals surface area contributed by atoms with E-state index in [1.54, 1.807) is 0 Å². The average molecular weight is 567 g/mol. The van der Waals surface area contributed by atoms with Crippen LogP contribution in [-0.2, 0) is 20.5 Å². The first kappa shape index (κ1) is 20.7. The number of carboxylic acid groups (broad SMARTS) is 1. The summed E-state index contributed by atoms with van der Waals surface area (Å²) in [5, 5.41) is 10.0. The van der Waals surface area contributed by atoms with Crippen LogP contribution in [0.5, 0.6) is 0 Å². The molecule has 0 aliphatic carbocycles. The first-order valence-electron chi connectivity index (χ1n) is 9.37. The number of nitrogens with zero attached hydrogens (tertiary/aromatic N) is 3. The highest BCUT2D eigenvalue weighted by Gasteiger charge is 2.61. The van der Waals surface area contributed by atoms with Crippen LogP contribution >= 0.6 is 43.5 Å². The van der Waals surface area contributed by atoms with E-state index >= 15 is 0 Å². The number of fused-ring (bicyclic) bond motifs is 2. The summed E-state index contributed by atoms with van der Waals surface area (Å²) in [5.41, 5.74) is 1.03. The van der Waals surface area contributed by atoms with Crippen molar-refractivity contribution in [2.75, 3.05) is 0 Å². The Kier molecular flexibility index (Phi) is 4.42. The maximum Gasteiger partial charge on any atom is 0.354 e. The number of hydrogen-bond acceptors (Lipinski definition) is 4. The molecule has 31 heavy (non-hydrogen) atoms. The minimum atomic E-state index is -1.31. The number of amides is 1. The maximum absolute atomic E-state index is 12.9. The predicted molar refractivity (Wildman–Crippen MR) is 123 cm³/mol. The lowest BCUT2D eigenvalue weighted by atomic mass is 9.73. The number of halogens is 3. The average Bonchev–Trinajstić information content (AvgIpc) is 3.23.